The highest BCUT2D eigenvalue weighted by atomic mass is 16.5. The third-order valence-corrected chi connectivity index (χ3v) is 4.60. The molecule has 1 aromatic carbocycles. The van der Waals surface area contributed by atoms with Crippen LogP contribution in [0.5, 0.6) is 0 Å². The molecule has 120 valence electrons. The maximum absolute atomic E-state index is 12.2. The van der Waals surface area contributed by atoms with Crippen molar-refractivity contribution in [3.8, 4) is 11.3 Å². The second-order valence-corrected chi connectivity index (χ2v) is 6.24. The van der Waals surface area contributed by atoms with E-state index in [2.05, 4.69) is 10.3 Å². The van der Waals surface area contributed by atoms with Crippen molar-refractivity contribution in [2.75, 3.05) is 19.7 Å². The van der Waals surface area contributed by atoms with Gasteiger partial charge >= 0.3 is 0 Å². The fourth-order valence-corrected chi connectivity index (χ4v) is 3.15. The molecule has 1 unspecified atom stereocenters. The molecule has 0 N–H and O–H groups in total. The molecule has 2 aliphatic heterocycles. The molecule has 0 spiro atoms. The van der Waals surface area contributed by atoms with Gasteiger partial charge in [0, 0.05) is 25.3 Å². The van der Waals surface area contributed by atoms with Gasteiger partial charge in [-0.3, -0.25) is 4.79 Å². The monoisotopic (exact) mass is 312 g/mol. The highest BCUT2D eigenvalue weighted by Gasteiger charge is 2.34. The summed E-state index contributed by atoms with van der Waals surface area (Å²) in [6, 6.07) is 10.2. The summed E-state index contributed by atoms with van der Waals surface area (Å²) in [7, 11) is 0. The van der Waals surface area contributed by atoms with Gasteiger partial charge in [0.2, 0.25) is 5.91 Å². The Hall–Kier alpha value is -2.21. The summed E-state index contributed by atoms with van der Waals surface area (Å²) in [5.74, 6) is 0.191. The SMILES string of the molecule is O=C(CC1CCCO1)N1CC(n2cc(-c3ccccc3)nn2)C1. The first-order chi connectivity index (χ1) is 11.3. The molecule has 0 saturated carbocycles. The van der Waals surface area contributed by atoms with Crippen LogP contribution in [0.4, 0.5) is 0 Å². The summed E-state index contributed by atoms with van der Waals surface area (Å²) in [5.41, 5.74) is 1.93. The van der Waals surface area contributed by atoms with Gasteiger partial charge in [-0.1, -0.05) is 35.5 Å². The Balaban J connectivity index is 1.33. The number of carbonyl (C=O) groups is 1. The van der Waals surface area contributed by atoms with Crippen molar-refractivity contribution < 1.29 is 9.53 Å². The first-order valence-corrected chi connectivity index (χ1v) is 8.16. The van der Waals surface area contributed by atoms with Crippen LogP contribution in [-0.2, 0) is 9.53 Å². The van der Waals surface area contributed by atoms with Crippen molar-refractivity contribution in [3.05, 3.63) is 36.5 Å². The number of hydrogen-bond acceptors (Lipinski definition) is 4. The van der Waals surface area contributed by atoms with Crippen LogP contribution in [-0.4, -0.2) is 51.6 Å². The molecule has 1 aromatic heterocycles. The minimum Gasteiger partial charge on any atom is -0.378 e. The smallest absolute Gasteiger partial charge is 0.225 e. The van der Waals surface area contributed by atoms with Gasteiger partial charge in [0.15, 0.2) is 0 Å². The van der Waals surface area contributed by atoms with E-state index in [1.54, 1.807) is 0 Å². The van der Waals surface area contributed by atoms with Crippen molar-refractivity contribution in [1.82, 2.24) is 19.9 Å². The zero-order valence-electron chi connectivity index (χ0n) is 13.0. The zero-order valence-corrected chi connectivity index (χ0v) is 13.0. The molecule has 2 fully saturated rings. The molecular weight excluding hydrogens is 292 g/mol. The third-order valence-electron chi connectivity index (χ3n) is 4.60. The van der Waals surface area contributed by atoms with Crippen LogP contribution >= 0.6 is 0 Å². The fraction of sp³-hybridized carbons (Fsp3) is 0.471. The zero-order chi connectivity index (χ0) is 15.6. The lowest BCUT2D eigenvalue weighted by molar-refractivity contribution is -0.139. The number of nitrogens with zero attached hydrogens (tertiary/aromatic N) is 4. The number of ether oxygens (including phenoxy) is 1. The van der Waals surface area contributed by atoms with Crippen LogP contribution in [0.1, 0.15) is 25.3 Å². The molecule has 1 amide bonds. The summed E-state index contributed by atoms with van der Waals surface area (Å²) in [4.78, 5) is 14.1. The number of hydrogen-bond donors (Lipinski definition) is 0. The van der Waals surface area contributed by atoms with E-state index < -0.39 is 0 Å². The molecule has 2 saturated heterocycles. The van der Waals surface area contributed by atoms with E-state index >= 15 is 0 Å². The van der Waals surface area contributed by atoms with Gasteiger partial charge in [0.25, 0.3) is 0 Å². The second kappa shape index (κ2) is 6.12. The maximum Gasteiger partial charge on any atom is 0.225 e. The molecule has 2 aliphatic rings. The van der Waals surface area contributed by atoms with Gasteiger partial charge in [0.05, 0.1) is 24.8 Å². The van der Waals surface area contributed by atoms with Crippen molar-refractivity contribution in [2.24, 2.45) is 0 Å². The summed E-state index contributed by atoms with van der Waals surface area (Å²) in [5, 5.41) is 8.45. The Morgan fingerprint density at radius 1 is 1.26 bits per heavy atom. The lowest BCUT2D eigenvalue weighted by atomic mass is 10.1. The predicted octanol–water partition coefficient (Wildman–Crippen LogP) is 1.90. The van der Waals surface area contributed by atoms with Gasteiger partial charge in [0.1, 0.15) is 5.69 Å². The molecule has 23 heavy (non-hydrogen) atoms. The normalized spacial score (nSPS) is 21.4. The van der Waals surface area contributed by atoms with Gasteiger partial charge in [-0.25, -0.2) is 4.68 Å². The van der Waals surface area contributed by atoms with E-state index in [4.69, 9.17) is 4.74 Å². The molecule has 2 aromatic rings. The molecule has 1 atom stereocenters. The highest BCUT2D eigenvalue weighted by molar-refractivity contribution is 5.77. The Bertz CT molecular complexity index is 673. The average Bonchev–Trinajstić information content (AvgIpc) is 3.18. The molecular formula is C17H20N4O2. The van der Waals surface area contributed by atoms with E-state index in [1.165, 1.54) is 0 Å². The van der Waals surface area contributed by atoms with Crippen molar-refractivity contribution in [3.63, 3.8) is 0 Å². The minimum absolute atomic E-state index is 0.123. The Morgan fingerprint density at radius 2 is 2.09 bits per heavy atom. The minimum atomic E-state index is 0.123. The molecule has 3 heterocycles. The van der Waals surface area contributed by atoms with Crippen molar-refractivity contribution >= 4 is 5.91 Å². The van der Waals surface area contributed by atoms with Gasteiger partial charge in [-0.05, 0) is 12.8 Å². The quantitative estimate of drug-likeness (QED) is 0.865. The Labute approximate surface area is 135 Å². The highest BCUT2D eigenvalue weighted by Crippen LogP contribution is 2.25. The number of likely N-dealkylation sites (tertiary alicyclic amines) is 1. The standard InChI is InChI=1S/C17H20N4O2/c22-17(9-15-7-4-8-23-15)20-10-14(11-20)21-12-16(18-19-21)13-5-2-1-3-6-13/h1-3,5-6,12,14-15H,4,7-11H2. The largest absolute Gasteiger partial charge is 0.378 e. The third kappa shape index (κ3) is 2.99. The van der Waals surface area contributed by atoms with Crippen LogP contribution in [0.2, 0.25) is 0 Å². The lowest BCUT2D eigenvalue weighted by Crippen LogP contribution is -2.51. The predicted molar refractivity (Wildman–Crippen MR) is 84.7 cm³/mol. The maximum atomic E-state index is 12.2. The topological polar surface area (TPSA) is 60.2 Å². The number of amides is 1. The number of aromatic nitrogens is 3. The molecule has 6 nitrogen and oxygen atoms in total. The number of rotatable bonds is 4. The molecule has 0 radical (unpaired) electrons. The lowest BCUT2D eigenvalue weighted by Gasteiger charge is -2.39. The summed E-state index contributed by atoms with van der Waals surface area (Å²) in [6.07, 6.45) is 4.67. The van der Waals surface area contributed by atoms with Gasteiger partial charge in [-0.15, -0.1) is 5.10 Å². The van der Waals surface area contributed by atoms with Crippen LogP contribution < -0.4 is 0 Å². The van der Waals surface area contributed by atoms with E-state index in [0.29, 0.717) is 19.5 Å². The van der Waals surface area contributed by atoms with E-state index in [0.717, 1.165) is 30.7 Å². The van der Waals surface area contributed by atoms with E-state index in [9.17, 15) is 4.79 Å². The fourth-order valence-electron chi connectivity index (χ4n) is 3.15. The van der Waals surface area contributed by atoms with E-state index in [1.807, 2.05) is 46.1 Å². The summed E-state index contributed by atoms with van der Waals surface area (Å²) in [6.45, 7) is 2.22. The first kappa shape index (κ1) is 14.4. The van der Waals surface area contributed by atoms with E-state index in [-0.39, 0.29) is 18.1 Å². The molecule has 4 rings (SSSR count). The van der Waals surface area contributed by atoms with Gasteiger partial charge < -0.3 is 9.64 Å². The van der Waals surface area contributed by atoms with Crippen LogP contribution in [0.3, 0.4) is 0 Å². The Kier molecular flexibility index (Phi) is 3.83. The summed E-state index contributed by atoms with van der Waals surface area (Å²) >= 11 is 0. The average molecular weight is 312 g/mol. The van der Waals surface area contributed by atoms with Crippen molar-refractivity contribution in [1.29, 1.82) is 0 Å². The summed E-state index contributed by atoms with van der Waals surface area (Å²) < 4.78 is 7.40. The van der Waals surface area contributed by atoms with Gasteiger partial charge in [-0.2, -0.15) is 0 Å². The number of carbonyl (C=O) groups excluding carboxylic acids is 1. The number of benzene rings is 1. The first-order valence-electron chi connectivity index (χ1n) is 8.16. The second-order valence-electron chi connectivity index (χ2n) is 6.24. The molecule has 6 heteroatoms. The molecule has 0 bridgehead atoms. The molecule has 0 aliphatic carbocycles. The van der Waals surface area contributed by atoms with Crippen LogP contribution in [0.15, 0.2) is 36.5 Å². The van der Waals surface area contributed by atoms with Crippen LogP contribution in [0, 0.1) is 0 Å². The van der Waals surface area contributed by atoms with Crippen molar-refractivity contribution in [2.45, 2.75) is 31.4 Å². The Morgan fingerprint density at radius 3 is 2.83 bits per heavy atom. The van der Waals surface area contributed by atoms with Crippen LogP contribution in [0.25, 0.3) is 11.3 Å².